The summed E-state index contributed by atoms with van der Waals surface area (Å²) in [5.41, 5.74) is 3.61. The van der Waals surface area contributed by atoms with Crippen LogP contribution in [-0.4, -0.2) is 20.5 Å². The molecular formula is C21H18N4O2. The number of carbonyl (C=O) groups is 1. The Bertz CT molecular complexity index is 1070. The first-order valence-electron chi connectivity index (χ1n) is 8.58. The van der Waals surface area contributed by atoms with Crippen molar-refractivity contribution in [1.29, 1.82) is 0 Å². The molecule has 4 rings (SSSR count). The average molecular weight is 358 g/mol. The van der Waals surface area contributed by atoms with Gasteiger partial charge in [-0.25, -0.2) is 14.8 Å². The Hall–Kier alpha value is -3.67. The minimum atomic E-state index is -0.544. The Morgan fingerprint density at radius 1 is 1.07 bits per heavy atom. The number of nitrogens with zero attached hydrogens (tertiary/aromatic N) is 3. The second-order valence-electron chi connectivity index (χ2n) is 6.15. The molecule has 27 heavy (non-hydrogen) atoms. The first kappa shape index (κ1) is 16.8. The van der Waals surface area contributed by atoms with E-state index in [9.17, 15) is 4.79 Å². The van der Waals surface area contributed by atoms with Gasteiger partial charge in [0, 0.05) is 18.0 Å². The molecule has 6 nitrogen and oxygen atoms in total. The number of nitrogens with one attached hydrogen (secondary N) is 1. The third kappa shape index (κ3) is 3.64. The SMILES string of the molecule is Cc1ccc(-c2nc3ncccn3c2NC(=O)OCc2ccccc2)cc1. The van der Waals surface area contributed by atoms with Crippen molar-refractivity contribution in [1.82, 2.24) is 14.4 Å². The lowest BCUT2D eigenvalue weighted by Crippen LogP contribution is -2.15. The maximum atomic E-state index is 12.4. The summed E-state index contributed by atoms with van der Waals surface area (Å²) in [6.45, 7) is 2.22. The zero-order chi connectivity index (χ0) is 18.6. The first-order chi connectivity index (χ1) is 13.2. The Balaban J connectivity index is 1.62. The third-order valence-electron chi connectivity index (χ3n) is 4.16. The van der Waals surface area contributed by atoms with Gasteiger partial charge in [-0.05, 0) is 18.6 Å². The van der Waals surface area contributed by atoms with E-state index < -0.39 is 6.09 Å². The van der Waals surface area contributed by atoms with Crippen LogP contribution in [0.3, 0.4) is 0 Å². The highest BCUT2D eigenvalue weighted by Crippen LogP contribution is 2.28. The second kappa shape index (κ2) is 7.29. The summed E-state index contributed by atoms with van der Waals surface area (Å²) in [5, 5.41) is 2.82. The van der Waals surface area contributed by atoms with Gasteiger partial charge >= 0.3 is 6.09 Å². The lowest BCUT2D eigenvalue weighted by atomic mass is 10.1. The van der Waals surface area contributed by atoms with Gasteiger partial charge < -0.3 is 4.74 Å². The molecule has 1 N–H and O–H groups in total. The largest absolute Gasteiger partial charge is 0.444 e. The number of hydrogen-bond donors (Lipinski definition) is 1. The van der Waals surface area contributed by atoms with E-state index in [0.29, 0.717) is 17.3 Å². The number of hydrogen-bond acceptors (Lipinski definition) is 4. The maximum absolute atomic E-state index is 12.4. The van der Waals surface area contributed by atoms with Gasteiger partial charge in [-0.1, -0.05) is 60.2 Å². The molecule has 2 heterocycles. The summed E-state index contributed by atoms with van der Waals surface area (Å²) in [6, 6.07) is 19.3. The van der Waals surface area contributed by atoms with Gasteiger partial charge in [0.05, 0.1) is 0 Å². The number of imidazole rings is 1. The fourth-order valence-electron chi connectivity index (χ4n) is 2.78. The highest BCUT2D eigenvalue weighted by Gasteiger charge is 2.17. The fraction of sp³-hybridized carbons (Fsp3) is 0.0952. The van der Waals surface area contributed by atoms with Gasteiger partial charge in [-0.15, -0.1) is 0 Å². The molecule has 0 spiro atoms. The van der Waals surface area contributed by atoms with E-state index in [-0.39, 0.29) is 6.61 Å². The van der Waals surface area contributed by atoms with E-state index in [1.807, 2.05) is 61.5 Å². The predicted octanol–water partition coefficient (Wildman–Crippen LogP) is 4.45. The second-order valence-corrected chi connectivity index (χ2v) is 6.15. The zero-order valence-corrected chi connectivity index (χ0v) is 14.8. The minimum absolute atomic E-state index is 0.196. The van der Waals surface area contributed by atoms with Crippen LogP contribution >= 0.6 is 0 Å². The Labute approximate surface area is 156 Å². The number of fused-ring (bicyclic) bond motifs is 1. The van der Waals surface area contributed by atoms with Gasteiger partial charge in [0.1, 0.15) is 18.1 Å². The molecule has 0 fully saturated rings. The molecule has 0 aliphatic carbocycles. The van der Waals surface area contributed by atoms with E-state index in [1.165, 1.54) is 0 Å². The van der Waals surface area contributed by atoms with Crippen LogP contribution in [0.15, 0.2) is 73.1 Å². The van der Waals surface area contributed by atoms with Crippen molar-refractivity contribution >= 4 is 17.7 Å². The molecule has 0 aliphatic rings. The van der Waals surface area contributed by atoms with Crippen LogP contribution in [-0.2, 0) is 11.3 Å². The van der Waals surface area contributed by atoms with Crippen LogP contribution in [0.25, 0.3) is 17.0 Å². The third-order valence-corrected chi connectivity index (χ3v) is 4.16. The summed E-state index contributed by atoms with van der Waals surface area (Å²) in [5.74, 6) is 1.03. The van der Waals surface area contributed by atoms with Gasteiger partial charge in [-0.3, -0.25) is 9.72 Å². The number of benzene rings is 2. The number of rotatable bonds is 4. The quantitative estimate of drug-likeness (QED) is 0.585. The summed E-state index contributed by atoms with van der Waals surface area (Å²) >= 11 is 0. The normalized spacial score (nSPS) is 10.7. The van der Waals surface area contributed by atoms with E-state index in [4.69, 9.17) is 4.74 Å². The number of aryl methyl sites for hydroxylation is 1. The molecular weight excluding hydrogens is 340 g/mol. The number of anilines is 1. The lowest BCUT2D eigenvalue weighted by Gasteiger charge is -2.09. The summed E-state index contributed by atoms with van der Waals surface area (Å²) < 4.78 is 7.08. The van der Waals surface area contributed by atoms with E-state index in [0.717, 1.165) is 16.7 Å². The van der Waals surface area contributed by atoms with Crippen LogP contribution in [0.2, 0.25) is 0 Å². The number of aromatic nitrogens is 3. The molecule has 0 bridgehead atoms. The van der Waals surface area contributed by atoms with Crippen LogP contribution in [0.1, 0.15) is 11.1 Å². The smallest absolute Gasteiger partial charge is 0.413 e. The standard InChI is InChI=1S/C21H18N4O2/c1-15-8-10-17(11-9-15)18-19(25-13-5-12-22-20(25)23-18)24-21(26)27-14-16-6-3-2-4-7-16/h2-13H,14H2,1H3,(H,24,26). The minimum Gasteiger partial charge on any atom is -0.444 e. The first-order valence-corrected chi connectivity index (χ1v) is 8.58. The molecule has 0 saturated carbocycles. The van der Waals surface area contributed by atoms with Gasteiger partial charge in [0.15, 0.2) is 0 Å². The Kier molecular flexibility index (Phi) is 4.53. The molecule has 0 aliphatic heterocycles. The fourth-order valence-corrected chi connectivity index (χ4v) is 2.78. The molecule has 4 aromatic rings. The van der Waals surface area contributed by atoms with Crippen LogP contribution in [0.4, 0.5) is 10.6 Å². The zero-order valence-electron chi connectivity index (χ0n) is 14.8. The van der Waals surface area contributed by atoms with Crippen molar-refractivity contribution in [3.05, 3.63) is 84.2 Å². The monoisotopic (exact) mass is 358 g/mol. The molecule has 0 unspecified atom stereocenters. The molecule has 2 aromatic carbocycles. The molecule has 1 amide bonds. The Morgan fingerprint density at radius 3 is 2.63 bits per heavy atom. The highest BCUT2D eigenvalue weighted by molar-refractivity contribution is 5.90. The van der Waals surface area contributed by atoms with Gasteiger partial charge in [0.25, 0.3) is 0 Å². The number of amides is 1. The number of ether oxygens (including phenoxy) is 1. The summed E-state index contributed by atoms with van der Waals surface area (Å²) in [6.07, 6.45) is 2.93. The topological polar surface area (TPSA) is 68.5 Å². The van der Waals surface area contributed by atoms with Crippen molar-refractivity contribution in [3.8, 4) is 11.3 Å². The highest BCUT2D eigenvalue weighted by atomic mass is 16.5. The lowest BCUT2D eigenvalue weighted by molar-refractivity contribution is 0.155. The van der Waals surface area contributed by atoms with Crippen molar-refractivity contribution in [3.63, 3.8) is 0 Å². The van der Waals surface area contributed by atoms with E-state index in [1.54, 1.807) is 22.9 Å². The van der Waals surface area contributed by atoms with Crippen LogP contribution in [0, 0.1) is 6.92 Å². The Morgan fingerprint density at radius 2 is 1.85 bits per heavy atom. The van der Waals surface area contributed by atoms with Gasteiger partial charge in [0.2, 0.25) is 5.78 Å². The summed E-state index contributed by atoms with van der Waals surface area (Å²) in [7, 11) is 0. The molecule has 134 valence electrons. The molecule has 0 saturated heterocycles. The summed E-state index contributed by atoms with van der Waals surface area (Å²) in [4.78, 5) is 21.2. The van der Waals surface area contributed by atoms with Crippen LogP contribution in [0.5, 0.6) is 0 Å². The maximum Gasteiger partial charge on any atom is 0.413 e. The molecule has 2 aromatic heterocycles. The number of carbonyl (C=O) groups excluding carboxylic acids is 1. The van der Waals surface area contributed by atoms with Crippen molar-refractivity contribution in [2.24, 2.45) is 0 Å². The average Bonchev–Trinajstić information content (AvgIpc) is 3.06. The van der Waals surface area contributed by atoms with E-state index >= 15 is 0 Å². The van der Waals surface area contributed by atoms with Gasteiger partial charge in [-0.2, -0.15) is 0 Å². The van der Waals surface area contributed by atoms with Crippen molar-refractivity contribution in [2.45, 2.75) is 13.5 Å². The molecule has 0 atom stereocenters. The van der Waals surface area contributed by atoms with Crippen LogP contribution < -0.4 is 5.32 Å². The molecule has 6 heteroatoms. The van der Waals surface area contributed by atoms with E-state index in [2.05, 4.69) is 15.3 Å². The predicted molar refractivity (Wildman–Crippen MR) is 103 cm³/mol. The van der Waals surface area contributed by atoms with Crippen molar-refractivity contribution < 1.29 is 9.53 Å². The molecule has 0 radical (unpaired) electrons. The van der Waals surface area contributed by atoms with Crippen molar-refractivity contribution in [2.75, 3.05) is 5.32 Å².